The van der Waals surface area contributed by atoms with Crippen LogP contribution in [-0.4, -0.2) is 27.0 Å². The first-order chi connectivity index (χ1) is 14.8. The van der Waals surface area contributed by atoms with E-state index in [0.717, 1.165) is 11.1 Å². The quantitative estimate of drug-likeness (QED) is 0.642. The zero-order chi connectivity index (χ0) is 22.4. The van der Waals surface area contributed by atoms with E-state index in [1.807, 2.05) is 51.1 Å². The van der Waals surface area contributed by atoms with Gasteiger partial charge >= 0.3 is 0 Å². The minimum absolute atomic E-state index is 0.0415. The molecule has 0 aromatic heterocycles. The third-order valence-electron chi connectivity index (χ3n) is 5.83. The average molecular weight is 445 g/mol. The number of rotatable bonds is 8. The molecule has 0 aliphatic heterocycles. The van der Waals surface area contributed by atoms with Crippen LogP contribution in [0.2, 0.25) is 0 Å². The molecule has 31 heavy (non-hydrogen) atoms. The van der Waals surface area contributed by atoms with Gasteiger partial charge in [0.1, 0.15) is 5.75 Å². The van der Waals surface area contributed by atoms with E-state index in [9.17, 15) is 13.2 Å². The molecule has 7 heteroatoms. The monoisotopic (exact) mass is 444 g/mol. The molecule has 0 spiro atoms. The standard InChI is InChI=1S/C24H32N2O4S/c1-4-30-23-15-14-22(16-17(23)2)31(28,29)26-21-12-10-20(11-13-21)24(27)25-18(3)19-8-6-5-7-9-19/h5-9,14-16,18,20-21,26H,4,10-13H2,1-3H3,(H,25,27)/t18-,20-,21-/m1/s1. The van der Waals surface area contributed by atoms with Crippen molar-refractivity contribution in [1.82, 2.24) is 10.0 Å². The highest BCUT2D eigenvalue weighted by Gasteiger charge is 2.30. The van der Waals surface area contributed by atoms with E-state index in [4.69, 9.17) is 4.74 Å². The SMILES string of the molecule is CCOc1ccc(S(=O)(=O)N[C@H]2CC[C@H](C(=O)N[C@H](C)c3ccccc3)CC2)cc1C. The Labute approximate surface area is 185 Å². The van der Waals surface area contributed by atoms with Crippen molar-refractivity contribution in [2.75, 3.05) is 6.61 Å². The third-order valence-corrected chi connectivity index (χ3v) is 7.35. The number of carbonyl (C=O) groups is 1. The van der Waals surface area contributed by atoms with E-state index in [1.165, 1.54) is 0 Å². The van der Waals surface area contributed by atoms with Gasteiger partial charge < -0.3 is 10.1 Å². The maximum atomic E-state index is 12.8. The van der Waals surface area contributed by atoms with Gasteiger partial charge in [0.2, 0.25) is 15.9 Å². The molecule has 0 radical (unpaired) electrons. The summed E-state index contributed by atoms with van der Waals surface area (Å²) in [6, 6.07) is 14.6. The fraction of sp³-hybridized carbons (Fsp3) is 0.458. The molecule has 1 amide bonds. The van der Waals surface area contributed by atoms with E-state index < -0.39 is 10.0 Å². The molecule has 3 rings (SSSR count). The predicted octanol–water partition coefficient (Wildman–Crippen LogP) is 4.11. The van der Waals surface area contributed by atoms with E-state index in [0.29, 0.717) is 38.0 Å². The Morgan fingerprint density at radius 3 is 2.39 bits per heavy atom. The summed E-state index contributed by atoms with van der Waals surface area (Å²) in [4.78, 5) is 12.9. The van der Waals surface area contributed by atoms with Gasteiger partial charge in [-0.2, -0.15) is 0 Å². The van der Waals surface area contributed by atoms with Crippen LogP contribution in [-0.2, 0) is 14.8 Å². The summed E-state index contributed by atoms with van der Waals surface area (Å²) in [6.07, 6.45) is 2.63. The number of nitrogens with one attached hydrogen (secondary N) is 2. The van der Waals surface area contributed by atoms with Gasteiger partial charge in [0.15, 0.2) is 0 Å². The first kappa shape index (κ1) is 23.3. The van der Waals surface area contributed by atoms with Crippen molar-refractivity contribution in [2.24, 2.45) is 5.92 Å². The number of amides is 1. The summed E-state index contributed by atoms with van der Waals surface area (Å²) in [7, 11) is -3.61. The normalized spacial score (nSPS) is 20.1. The van der Waals surface area contributed by atoms with E-state index >= 15 is 0 Å². The number of ether oxygens (including phenoxy) is 1. The van der Waals surface area contributed by atoms with Crippen LogP contribution in [0.1, 0.15) is 56.7 Å². The summed E-state index contributed by atoms with van der Waals surface area (Å²) in [6.45, 7) is 6.24. The van der Waals surface area contributed by atoms with Crippen LogP contribution in [0.15, 0.2) is 53.4 Å². The molecule has 1 fully saturated rings. The lowest BCUT2D eigenvalue weighted by Gasteiger charge is -2.29. The first-order valence-corrected chi connectivity index (χ1v) is 12.4. The maximum absolute atomic E-state index is 12.8. The fourth-order valence-electron chi connectivity index (χ4n) is 4.02. The molecule has 1 saturated carbocycles. The highest BCUT2D eigenvalue weighted by atomic mass is 32.2. The van der Waals surface area contributed by atoms with Gasteiger partial charge in [-0.25, -0.2) is 13.1 Å². The Morgan fingerprint density at radius 1 is 1.10 bits per heavy atom. The Kier molecular flexibility index (Phi) is 7.73. The van der Waals surface area contributed by atoms with Crippen molar-refractivity contribution in [2.45, 2.75) is 63.4 Å². The lowest BCUT2D eigenvalue weighted by molar-refractivity contribution is -0.126. The Bertz CT molecular complexity index is 984. The fourth-order valence-corrected chi connectivity index (χ4v) is 5.41. The molecular formula is C24H32N2O4S. The molecule has 1 aliphatic carbocycles. The molecule has 2 aromatic rings. The number of aryl methyl sites for hydroxylation is 1. The predicted molar refractivity (Wildman–Crippen MR) is 121 cm³/mol. The number of hydrogen-bond acceptors (Lipinski definition) is 4. The molecule has 168 valence electrons. The van der Waals surface area contributed by atoms with Crippen LogP contribution in [0.5, 0.6) is 5.75 Å². The zero-order valence-electron chi connectivity index (χ0n) is 18.4. The largest absolute Gasteiger partial charge is 0.494 e. The smallest absolute Gasteiger partial charge is 0.240 e. The highest BCUT2D eigenvalue weighted by molar-refractivity contribution is 7.89. The molecule has 2 aromatic carbocycles. The van der Waals surface area contributed by atoms with Crippen molar-refractivity contribution in [3.63, 3.8) is 0 Å². The molecule has 0 heterocycles. The van der Waals surface area contributed by atoms with Crippen molar-refractivity contribution < 1.29 is 17.9 Å². The summed E-state index contributed by atoms with van der Waals surface area (Å²) in [5.74, 6) is 0.650. The van der Waals surface area contributed by atoms with Crippen molar-refractivity contribution in [3.8, 4) is 5.75 Å². The van der Waals surface area contributed by atoms with Gasteiger partial charge in [0.25, 0.3) is 0 Å². The molecule has 0 saturated heterocycles. The Morgan fingerprint density at radius 2 is 1.77 bits per heavy atom. The van der Waals surface area contributed by atoms with Crippen molar-refractivity contribution in [1.29, 1.82) is 0 Å². The lowest BCUT2D eigenvalue weighted by atomic mass is 9.85. The molecule has 0 bridgehead atoms. The molecular weight excluding hydrogens is 412 g/mol. The van der Waals surface area contributed by atoms with Crippen molar-refractivity contribution >= 4 is 15.9 Å². The number of hydrogen-bond donors (Lipinski definition) is 2. The van der Waals surface area contributed by atoms with Gasteiger partial charge in [-0.15, -0.1) is 0 Å². The van der Waals surface area contributed by atoms with Gasteiger partial charge in [0.05, 0.1) is 17.5 Å². The van der Waals surface area contributed by atoms with Crippen LogP contribution < -0.4 is 14.8 Å². The van der Waals surface area contributed by atoms with Gasteiger partial charge in [0, 0.05) is 12.0 Å². The average Bonchev–Trinajstić information content (AvgIpc) is 2.76. The van der Waals surface area contributed by atoms with Crippen LogP contribution in [0.3, 0.4) is 0 Å². The van der Waals surface area contributed by atoms with E-state index in [1.54, 1.807) is 18.2 Å². The van der Waals surface area contributed by atoms with Crippen LogP contribution in [0.4, 0.5) is 0 Å². The van der Waals surface area contributed by atoms with Crippen LogP contribution in [0, 0.1) is 12.8 Å². The molecule has 2 N–H and O–H groups in total. The van der Waals surface area contributed by atoms with Gasteiger partial charge in [-0.3, -0.25) is 4.79 Å². The van der Waals surface area contributed by atoms with Crippen molar-refractivity contribution in [3.05, 3.63) is 59.7 Å². The second kappa shape index (κ2) is 10.3. The maximum Gasteiger partial charge on any atom is 0.240 e. The van der Waals surface area contributed by atoms with Crippen LogP contribution in [0.25, 0.3) is 0 Å². The van der Waals surface area contributed by atoms with E-state index in [-0.39, 0.29) is 28.8 Å². The highest BCUT2D eigenvalue weighted by Crippen LogP contribution is 2.27. The minimum atomic E-state index is -3.61. The second-order valence-electron chi connectivity index (χ2n) is 8.17. The second-order valence-corrected chi connectivity index (χ2v) is 9.89. The zero-order valence-corrected chi connectivity index (χ0v) is 19.2. The third kappa shape index (κ3) is 6.08. The summed E-state index contributed by atoms with van der Waals surface area (Å²) < 4.78 is 33.9. The minimum Gasteiger partial charge on any atom is -0.494 e. The van der Waals surface area contributed by atoms with Gasteiger partial charge in [-0.05, 0) is 75.8 Å². The summed E-state index contributed by atoms with van der Waals surface area (Å²) in [5, 5.41) is 3.09. The first-order valence-electron chi connectivity index (χ1n) is 10.9. The molecule has 1 atom stereocenters. The Balaban J connectivity index is 1.53. The number of sulfonamides is 1. The van der Waals surface area contributed by atoms with E-state index in [2.05, 4.69) is 10.0 Å². The number of benzene rings is 2. The van der Waals surface area contributed by atoms with Gasteiger partial charge in [-0.1, -0.05) is 30.3 Å². The Hall–Kier alpha value is -2.38. The molecule has 6 nitrogen and oxygen atoms in total. The summed E-state index contributed by atoms with van der Waals surface area (Å²) >= 11 is 0. The topological polar surface area (TPSA) is 84.5 Å². The lowest BCUT2D eigenvalue weighted by Crippen LogP contribution is -2.41. The molecule has 0 unspecified atom stereocenters. The molecule has 1 aliphatic rings. The number of carbonyl (C=O) groups excluding carboxylic acids is 1. The van der Waals surface area contributed by atoms with Crippen LogP contribution >= 0.6 is 0 Å². The summed E-state index contributed by atoms with van der Waals surface area (Å²) in [5.41, 5.74) is 1.86.